The molecule has 1 fully saturated rings. The predicted octanol–water partition coefficient (Wildman–Crippen LogP) is 3.69. The molecule has 2 heterocycles. The summed E-state index contributed by atoms with van der Waals surface area (Å²) < 4.78 is 5.77. The Balaban J connectivity index is 0. The molecule has 1 atom stereocenters. The van der Waals surface area contributed by atoms with Crippen LogP contribution >= 0.6 is 37.2 Å². The molecule has 0 aromatic carbocycles. The van der Waals surface area contributed by atoms with Gasteiger partial charge in [0.2, 0.25) is 0 Å². The quantitative estimate of drug-likeness (QED) is 0.730. The Morgan fingerprint density at radius 2 is 2.14 bits per heavy atom. The summed E-state index contributed by atoms with van der Waals surface area (Å²) >= 11 is 0. The smallest absolute Gasteiger partial charge is 0.139 e. The first kappa shape index (κ1) is 22.9. The highest BCUT2D eigenvalue weighted by atomic mass is 35.5. The fourth-order valence-corrected chi connectivity index (χ4v) is 2.10. The van der Waals surface area contributed by atoms with Crippen LogP contribution in [0.3, 0.4) is 0 Å². The zero-order chi connectivity index (χ0) is 12.6. The Kier molecular flexibility index (Phi) is 14.4. The van der Waals surface area contributed by atoms with Crippen LogP contribution in [0.5, 0.6) is 5.75 Å². The van der Waals surface area contributed by atoms with E-state index in [1.165, 1.54) is 25.7 Å². The fourth-order valence-electron chi connectivity index (χ4n) is 2.10. The third kappa shape index (κ3) is 8.57. The lowest BCUT2D eigenvalue weighted by molar-refractivity contribution is 0.276. The zero-order valence-corrected chi connectivity index (χ0v) is 14.8. The first-order valence-corrected chi connectivity index (χ1v) is 6.93. The molecule has 4 nitrogen and oxygen atoms in total. The summed E-state index contributed by atoms with van der Waals surface area (Å²) in [5.74, 6) is 0.852. The van der Waals surface area contributed by atoms with Crippen LogP contribution in [0, 0.1) is 0 Å². The van der Waals surface area contributed by atoms with Gasteiger partial charge in [-0.25, -0.2) is 0 Å². The van der Waals surface area contributed by atoms with Crippen molar-refractivity contribution in [1.29, 1.82) is 0 Å². The molecule has 7 heteroatoms. The number of unbranched alkanes of at least 4 members (excludes halogenated alkanes) is 1. The summed E-state index contributed by atoms with van der Waals surface area (Å²) in [6, 6.07) is 2.53. The van der Waals surface area contributed by atoms with Crippen LogP contribution in [0.4, 0.5) is 5.69 Å². The molecule has 0 radical (unpaired) electrons. The molecule has 0 amide bonds. The molecule has 1 saturated heterocycles. The van der Waals surface area contributed by atoms with Gasteiger partial charge < -0.3 is 15.4 Å². The molecule has 0 unspecified atom stereocenters. The minimum Gasteiger partial charge on any atom is -0.490 e. The van der Waals surface area contributed by atoms with Gasteiger partial charge in [0.1, 0.15) is 12.4 Å². The Bertz CT molecular complexity index is 363. The van der Waals surface area contributed by atoms with Crippen LogP contribution in [-0.4, -0.2) is 30.7 Å². The Labute approximate surface area is 146 Å². The van der Waals surface area contributed by atoms with Crippen molar-refractivity contribution < 1.29 is 4.74 Å². The SMILES string of the molecule is CCCCNc1cncc(OC[C@@H]2CCCN2)c1.Cl.Cl.Cl. The maximum Gasteiger partial charge on any atom is 0.139 e. The average Bonchev–Trinajstić information content (AvgIpc) is 2.90. The third-order valence-electron chi connectivity index (χ3n) is 3.19. The van der Waals surface area contributed by atoms with E-state index in [-0.39, 0.29) is 37.2 Å². The number of anilines is 1. The van der Waals surface area contributed by atoms with Crippen LogP contribution in [0.1, 0.15) is 32.6 Å². The van der Waals surface area contributed by atoms with Crippen LogP contribution in [0.25, 0.3) is 0 Å². The number of nitrogens with one attached hydrogen (secondary N) is 2. The zero-order valence-electron chi connectivity index (χ0n) is 12.3. The molecule has 1 aliphatic rings. The maximum absolute atomic E-state index is 5.77. The lowest BCUT2D eigenvalue weighted by Gasteiger charge is -2.13. The van der Waals surface area contributed by atoms with E-state index in [9.17, 15) is 0 Å². The van der Waals surface area contributed by atoms with E-state index in [2.05, 4.69) is 22.5 Å². The van der Waals surface area contributed by atoms with E-state index in [1.54, 1.807) is 6.20 Å². The summed E-state index contributed by atoms with van der Waals surface area (Å²) in [5.41, 5.74) is 1.04. The molecule has 21 heavy (non-hydrogen) atoms. The molecule has 0 spiro atoms. The van der Waals surface area contributed by atoms with Crippen molar-refractivity contribution in [3.63, 3.8) is 0 Å². The maximum atomic E-state index is 5.77. The summed E-state index contributed by atoms with van der Waals surface area (Å²) in [5, 5.41) is 6.78. The summed E-state index contributed by atoms with van der Waals surface area (Å²) in [7, 11) is 0. The first-order chi connectivity index (χ1) is 8.88. The van der Waals surface area contributed by atoms with Gasteiger partial charge in [-0.1, -0.05) is 13.3 Å². The number of ether oxygens (including phenoxy) is 1. The molecule has 0 bridgehead atoms. The van der Waals surface area contributed by atoms with Crippen molar-refractivity contribution in [3.05, 3.63) is 18.5 Å². The summed E-state index contributed by atoms with van der Waals surface area (Å²) in [6.45, 7) is 5.03. The molecule has 1 aliphatic heterocycles. The molecule has 2 rings (SSSR count). The number of halogens is 3. The monoisotopic (exact) mass is 357 g/mol. The van der Waals surface area contributed by atoms with Gasteiger partial charge >= 0.3 is 0 Å². The first-order valence-electron chi connectivity index (χ1n) is 6.93. The average molecular weight is 359 g/mol. The number of hydrogen-bond acceptors (Lipinski definition) is 4. The van der Waals surface area contributed by atoms with E-state index in [0.717, 1.165) is 31.1 Å². The highest BCUT2D eigenvalue weighted by molar-refractivity contribution is 5.86. The van der Waals surface area contributed by atoms with Gasteiger partial charge in [-0.3, -0.25) is 4.98 Å². The summed E-state index contributed by atoms with van der Waals surface area (Å²) in [6.07, 6.45) is 8.46. The second kappa shape index (κ2) is 13.3. The van der Waals surface area contributed by atoms with Crippen molar-refractivity contribution in [2.75, 3.05) is 25.0 Å². The van der Waals surface area contributed by atoms with Crippen LogP contribution in [0.15, 0.2) is 18.5 Å². The van der Waals surface area contributed by atoms with Crippen molar-refractivity contribution >= 4 is 42.9 Å². The highest BCUT2D eigenvalue weighted by Gasteiger charge is 2.14. The lowest BCUT2D eigenvalue weighted by Crippen LogP contribution is -2.28. The van der Waals surface area contributed by atoms with E-state index in [4.69, 9.17) is 4.74 Å². The van der Waals surface area contributed by atoms with Gasteiger partial charge in [0.25, 0.3) is 0 Å². The Morgan fingerprint density at radius 1 is 1.33 bits per heavy atom. The molecule has 1 aromatic heterocycles. The Hall–Kier alpha value is -0.420. The lowest BCUT2D eigenvalue weighted by atomic mass is 10.2. The van der Waals surface area contributed by atoms with E-state index in [0.29, 0.717) is 6.04 Å². The summed E-state index contributed by atoms with van der Waals surface area (Å²) in [4.78, 5) is 4.20. The van der Waals surface area contributed by atoms with Gasteiger partial charge in [-0.05, 0) is 25.8 Å². The Morgan fingerprint density at radius 3 is 2.81 bits per heavy atom. The van der Waals surface area contributed by atoms with Gasteiger partial charge in [0.05, 0.1) is 18.1 Å². The number of pyridine rings is 1. The fraction of sp³-hybridized carbons (Fsp3) is 0.643. The van der Waals surface area contributed by atoms with E-state index in [1.807, 2.05) is 12.3 Å². The minimum atomic E-state index is 0. The van der Waals surface area contributed by atoms with Crippen molar-refractivity contribution in [3.8, 4) is 5.75 Å². The van der Waals surface area contributed by atoms with Gasteiger partial charge in [0, 0.05) is 18.7 Å². The molecule has 0 aliphatic carbocycles. The molecular weight excluding hydrogens is 333 g/mol. The van der Waals surface area contributed by atoms with Crippen molar-refractivity contribution in [2.24, 2.45) is 0 Å². The standard InChI is InChI=1S/C14H23N3O.3ClH/c1-2-3-6-17-13-8-14(10-15-9-13)18-11-12-5-4-7-16-12;;;/h8-10,12,16-17H,2-7,11H2,1H3;3*1H/t12-;;;/m0.../s1. The number of nitrogens with zero attached hydrogens (tertiary/aromatic N) is 1. The van der Waals surface area contributed by atoms with E-state index >= 15 is 0 Å². The normalized spacial score (nSPS) is 16.1. The number of rotatable bonds is 7. The van der Waals surface area contributed by atoms with Gasteiger partial charge in [0.15, 0.2) is 0 Å². The molecule has 0 saturated carbocycles. The van der Waals surface area contributed by atoms with Crippen molar-refractivity contribution in [2.45, 2.75) is 38.6 Å². The van der Waals surface area contributed by atoms with Crippen LogP contribution < -0.4 is 15.4 Å². The third-order valence-corrected chi connectivity index (χ3v) is 3.19. The topological polar surface area (TPSA) is 46.2 Å². The molecular formula is C14H26Cl3N3O. The highest BCUT2D eigenvalue weighted by Crippen LogP contribution is 2.16. The molecule has 2 N–H and O–H groups in total. The van der Waals surface area contributed by atoms with Gasteiger partial charge in [-0.2, -0.15) is 0 Å². The van der Waals surface area contributed by atoms with Gasteiger partial charge in [-0.15, -0.1) is 37.2 Å². The number of aromatic nitrogens is 1. The van der Waals surface area contributed by atoms with Crippen LogP contribution in [0.2, 0.25) is 0 Å². The second-order valence-electron chi connectivity index (χ2n) is 4.79. The predicted molar refractivity (Wildman–Crippen MR) is 95.9 cm³/mol. The van der Waals surface area contributed by atoms with Crippen LogP contribution in [-0.2, 0) is 0 Å². The minimum absolute atomic E-state index is 0. The largest absolute Gasteiger partial charge is 0.490 e. The van der Waals surface area contributed by atoms with E-state index < -0.39 is 0 Å². The molecule has 1 aromatic rings. The molecule has 124 valence electrons. The van der Waals surface area contributed by atoms with Crippen molar-refractivity contribution in [1.82, 2.24) is 10.3 Å². The second-order valence-corrected chi connectivity index (χ2v) is 4.79. The number of hydrogen-bond donors (Lipinski definition) is 2.